The first-order valence-corrected chi connectivity index (χ1v) is 7.08. The highest BCUT2D eigenvalue weighted by molar-refractivity contribution is 7.98. The van der Waals surface area contributed by atoms with E-state index in [0.29, 0.717) is 10.7 Å². The van der Waals surface area contributed by atoms with Crippen molar-refractivity contribution in [3.8, 4) is 0 Å². The van der Waals surface area contributed by atoms with Gasteiger partial charge in [-0.2, -0.15) is 0 Å². The molecule has 1 aromatic heterocycles. The van der Waals surface area contributed by atoms with Crippen molar-refractivity contribution in [2.75, 3.05) is 11.6 Å². The lowest BCUT2D eigenvalue weighted by Crippen LogP contribution is -2.12. The van der Waals surface area contributed by atoms with Crippen molar-refractivity contribution < 1.29 is 4.79 Å². The van der Waals surface area contributed by atoms with Crippen molar-refractivity contribution in [2.45, 2.75) is 4.90 Å². The summed E-state index contributed by atoms with van der Waals surface area (Å²) in [5, 5.41) is 3.41. The molecule has 0 bridgehead atoms. The zero-order valence-electron chi connectivity index (χ0n) is 9.46. The molecule has 2 N–H and O–H groups in total. The number of benzene rings is 1. The number of hydrogen-bond donors (Lipinski definition) is 2. The average molecular weight is 301 g/mol. The number of amides is 1. The quantitative estimate of drug-likeness (QED) is 0.830. The lowest BCUT2D eigenvalue weighted by Gasteiger charge is -2.07. The summed E-state index contributed by atoms with van der Waals surface area (Å²) in [7, 11) is 0. The largest absolute Gasteiger partial charge is 0.340 e. The highest BCUT2D eigenvalue weighted by Crippen LogP contribution is 2.26. The number of nitrogens with one attached hydrogen (secondary N) is 2. The molecule has 0 radical (unpaired) electrons. The van der Waals surface area contributed by atoms with Crippen LogP contribution in [0.1, 0.15) is 10.5 Å². The van der Waals surface area contributed by atoms with E-state index in [9.17, 15) is 4.79 Å². The maximum Gasteiger partial charge on any atom is 0.272 e. The maximum atomic E-state index is 12.0. The SMILES string of the molecule is CSc1ccccc1NC(=O)c1cc(Cl)c(Cl)[nH]1. The summed E-state index contributed by atoms with van der Waals surface area (Å²) in [6.07, 6.45) is 1.95. The van der Waals surface area contributed by atoms with Gasteiger partial charge in [-0.3, -0.25) is 4.79 Å². The van der Waals surface area contributed by atoms with Crippen molar-refractivity contribution >= 4 is 46.6 Å². The summed E-state index contributed by atoms with van der Waals surface area (Å²) >= 11 is 13.1. The fourth-order valence-electron chi connectivity index (χ4n) is 1.46. The van der Waals surface area contributed by atoms with E-state index < -0.39 is 0 Å². The summed E-state index contributed by atoms with van der Waals surface area (Å²) in [6, 6.07) is 9.07. The van der Waals surface area contributed by atoms with Gasteiger partial charge in [0.15, 0.2) is 0 Å². The van der Waals surface area contributed by atoms with Crippen LogP contribution < -0.4 is 5.32 Å². The van der Waals surface area contributed by atoms with Crippen LogP contribution in [0.15, 0.2) is 35.2 Å². The first-order chi connectivity index (χ1) is 8.61. The molecule has 0 saturated heterocycles. The zero-order chi connectivity index (χ0) is 13.1. The van der Waals surface area contributed by atoms with Gasteiger partial charge in [-0.05, 0) is 24.5 Å². The Morgan fingerprint density at radius 3 is 2.67 bits per heavy atom. The van der Waals surface area contributed by atoms with Gasteiger partial charge in [0.1, 0.15) is 10.8 Å². The molecular formula is C12H10Cl2N2OS. The summed E-state index contributed by atoms with van der Waals surface area (Å²) in [4.78, 5) is 15.7. The molecule has 0 aliphatic carbocycles. The van der Waals surface area contributed by atoms with Gasteiger partial charge >= 0.3 is 0 Å². The second-order valence-electron chi connectivity index (χ2n) is 3.50. The van der Waals surface area contributed by atoms with E-state index in [-0.39, 0.29) is 11.1 Å². The molecule has 0 unspecified atom stereocenters. The summed E-state index contributed by atoms with van der Waals surface area (Å²) in [5.41, 5.74) is 1.10. The van der Waals surface area contributed by atoms with Gasteiger partial charge in [0.25, 0.3) is 5.91 Å². The second-order valence-corrected chi connectivity index (χ2v) is 5.13. The Bertz CT molecular complexity index is 564. The number of rotatable bonds is 3. The Kier molecular flexibility index (Phi) is 4.22. The first-order valence-electron chi connectivity index (χ1n) is 5.10. The Labute approximate surface area is 119 Å². The smallest absolute Gasteiger partial charge is 0.272 e. The van der Waals surface area contributed by atoms with Crippen molar-refractivity contribution in [3.05, 3.63) is 46.2 Å². The van der Waals surface area contributed by atoms with Crippen molar-refractivity contribution in [2.24, 2.45) is 0 Å². The molecule has 1 aromatic carbocycles. The number of aromatic amines is 1. The highest BCUT2D eigenvalue weighted by Gasteiger charge is 2.12. The van der Waals surface area contributed by atoms with Crippen LogP contribution in [0, 0.1) is 0 Å². The number of halogens is 2. The molecule has 94 valence electrons. The Hall–Kier alpha value is -1.10. The summed E-state index contributed by atoms with van der Waals surface area (Å²) < 4.78 is 0. The topological polar surface area (TPSA) is 44.9 Å². The van der Waals surface area contributed by atoms with Gasteiger partial charge in [-0.15, -0.1) is 11.8 Å². The number of para-hydroxylation sites is 1. The molecule has 0 fully saturated rings. The molecule has 18 heavy (non-hydrogen) atoms. The second kappa shape index (κ2) is 5.69. The molecule has 0 aliphatic rings. The third-order valence-corrected chi connectivity index (χ3v) is 3.81. The van der Waals surface area contributed by atoms with Gasteiger partial charge < -0.3 is 10.3 Å². The normalized spacial score (nSPS) is 10.4. The number of H-pyrrole nitrogens is 1. The van der Waals surface area contributed by atoms with Gasteiger partial charge in [-0.1, -0.05) is 35.3 Å². The number of carbonyl (C=O) groups excluding carboxylic acids is 1. The fraction of sp³-hybridized carbons (Fsp3) is 0.0833. The van der Waals surface area contributed by atoms with Crippen molar-refractivity contribution in [3.63, 3.8) is 0 Å². The van der Waals surface area contributed by atoms with Crippen LogP contribution in [0.2, 0.25) is 10.2 Å². The molecule has 2 aromatic rings. The minimum absolute atomic E-state index is 0.264. The molecule has 2 rings (SSSR count). The van der Waals surface area contributed by atoms with E-state index in [0.717, 1.165) is 10.6 Å². The van der Waals surface area contributed by atoms with Crippen LogP contribution in [0.3, 0.4) is 0 Å². The zero-order valence-corrected chi connectivity index (χ0v) is 11.8. The van der Waals surface area contributed by atoms with E-state index >= 15 is 0 Å². The minimum atomic E-state index is -0.273. The molecule has 1 amide bonds. The molecule has 0 atom stereocenters. The Morgan fingerprint density at radius 1 is 1.33 bits per heavy atom. The van der Waals surface area contributed by atoms with Crippen molar-refractivity contribution in [1.82, 2.24) is 4.98 Å². The van der Waals surface area contributed by atoms with Crippen LogP contribution in [-0.4, -0.2) is 17.1 Å². The van der Waals surface area contributed by atoms with E-state index in [1.807, 2.05) is 30.5 Å². The molecule has 1 heterocycles. The first kappa shape index (κ1) is 13.3. The molecule has 0 aliphatic heterocycles. The monoisotopic (exact) mass is 300 g/mol. The minimum Gasteiger partial charge on any atom is -0.340 e. The average Bonchev–Trinajstić information content (AvgIpc) is 2.70. The molecule has 0 spiro atoms. The predicted molar refractivity (Wildman–Crippen MR) is 77.0 cm³/mol. The summed E-state index contributed by atoms with van der Waals surface area (Å²) in [5.74, 6) is -0.273. The molecule has 0 saturated carbocycles. The predicted octanol–water partition coefficient (Wildman–Crippen LogP) is 4.30. The lowest BCUT2D eigenvalue weighted by molar-refractivity contribution is 0.102. The Balaban J connectivity index is 2.21. The van der Waals surface area contributed by atoms with Crippen LogP contribution in [0.25, 0.3) is 0 Å². The number of aromatic nitrogens is 1. The molecule has 6 heteroatoms. The van der Waals surface area contributed by atoms with E-state index in [1.54, 1.807) is 11.8 Å². The molecular weight excluding hydrogens is 291 g/mol. The maximum absolute atomic E-state index is 12.0. The van der Waals surface area contributed by atoms with Crippen LogP contribution in [0.5, 0.6) is 0 Å². The number of thioether (sulfide) groups is 1. The van der Waals surface area contributed by atoms with E-state index in [2.05, 4.69) is 10.3 Å². The number of hydrogen-bond acceptors (Lipinski definition) is 2. The van der Waals surface area contributed by atoms with E-state index in [1.165, 1.54) is 6.07 Å². The fourth-order valence-corrected chi connectivity index (χ4v) is 2.33. The van der Waals surface area contributed by atoms with Gasteiger partial charge in [0, 0.05) is 4.90 Å². The Morgan fingerprint density at radius 2 is 2.06 bits per heavy atom. The number of carbonyl (C=O) groups is 1. The van der Waals surface area contributed by atoms with Gasteiger partial charge in [-0.25, -0.2) is 0 Å². The van der Waals surface area contributed by atoms with Gasteiger partial charge in [0.05, 0.1) is 10.7 Å². The van der Waals surface area contributed by atoms with Gasteiger partial charge in [0.2, 0.25) is 0 Å². The van der Waals surface area contributed by atoms with Crippen molar-refractivity contribution in [1.29, 1.82) is 0 Å². The number of anilines is 1. The third kappa shape index (κ3) is 2.83. The summed E-state index contributed by atoms with van der Waals surface area (Å²) in [6.45, 7) is 0. The van der Waals surface area contributed by atoms with Crippen LogP contribution in [0.4, 0.5) is 5.69 Å². The van der Waals surface area contributed by atoms with E-state index in [4.69, 9.17) is 23.2 Å². The standard InChI is InChI=1S/C12H10Cl2N2OS/c1-18-10-5-3-2-4-8(10)16-12(17)9-6-7(13)11(14)15-9/h2-6,15H,1H3,(H,16,17). The third-order valence-electron chi connectivity index (χ3n) is 2.32. The lowest BCUT2D eigenvalue weighted by atomic mass is 10.3. The van der Waals surface area contributed by atoms with Crippen LogP contribution in [-0.2, 0) is 0 Å². The van der Waals surface area contributed by atoms with Crippen LogP contribution >= 0.6 is 35.0 Å². The molecule has 3 nitrogen and oxygen atoms in total. The highest BCUT2D eigenvalue weighted by atomic mass is 35.5.